The van der Waals surface area contributed by atoms with Crippen LogP contribution in [0.15, 0.2) is 23.4 Å². The van der Waals surface area contributed by atoms with Crippen LogP contribution in [0.5, 0.6) is 0 Å². The van der Waals surface area contributed by atoms with Crippen molar-refractivity contribution < 1.29 is 14.6 Å². The number of carbonyl (C=O) groups is 1. The Hall–Kier alpha value is -1.24. The molecule has 1 aromatic heterocycles. The summed E-state index contributed by atoms with van der Waals surface area (Å²) in [6.07, 6.45) is 1.88. The highest BCUT2D eigenvalue weighted by molar-refractivity contribution is 7.99. The van der Waals surface area contributed by atoms with Crippen molar-refractivity contribution in [3.63, 3.8) is 0 Å². The summed E-state index contributed by atoms with van der Waals surface area (Å²) in [6.45, 7) is 1.48. The van der Waals surface area contributed by atoms with Crippen LogP contribution >= 0.6 is 23.4 Å². The van der Waals surface area contributed by atoms with Crippen LogP contribution in [0.4, 0.5) is 0 Å². The second-order valence-electron chi connectivity index (χ2n) is 4.56. The number of carboxylic acid groups (broad SMARTS) is 1. The number of aryl methyl sites for hydroxylation is 1. The molecule has 0 aliphatic heterocycles. The van der Waals surface area contributed by atoms with Crippen molar-refractivity contribution in [2.75, 3.05) is 19.5 Å². The molecule has 0 fully saturated rings. The lowest BCUT2D eigenvalue weighted by molar-refractivity contribution is -0.133. The lowest BCUT2D eigenvalue weighted by Crippen LogP contribution is -2.04. The van der Waals surface area contributed by atoms with Crippen molar-refractivity contribution in [3.8, 4) is 0 Å². The number of benzene rings is 1. The van der Waals surface area contributed by atoms with Gasteiger partial charge in [0.2, 0.25) is 0 Å². The van der Waals surface area contributed by atoms with Gasteiger partial charge in [-0.2, -0.15) is 0 Å². The molecule has 0 unspecified atom stereocenters. The normalized spacial score (nSPS) is 11.1. The van der Waals surface area contributed by atoms with Crippen LogP contribution in [0.1, 0.15) is 12.8 Å². The molecule has 1 heterocycles. The minimum atomic E-state index is -0.851. The second-order valence-corrected chi connectivity index (χ2v) is 5.94. The molecule has 0 aliphatic carbocycles. The predicted molar refractivity (Wildman–Crippen MR) is 84.2 cm³/mol. The summed E-state index contributed by atoms with van der Waals surface area (Å²) < 4.78 is 7.08. The average Bonchev–Trinajstić information content (AvgIpc) is 2.78. The number of hydrogen-bond acceptors (Lipinski definition) is 4. The molecule has 1 aromatic carbocycles. The monoisotopic (exact) mass is 328 g/mol. The molecule has 0 atom stereocenters. The van der Waals surface area contributed by atoms with Crippen molar-refractivity contribution in [2.45, 2.75) is 24.5 Å². The lowest BCUT2D eigenvalue weighted by atomic mass is 10.3. The smallest absolute Gasteiger partial charge is 0.313 e. The first kappa shape index (κ1) is 16.1. The number of aliphatic carboxylic acids is 1. The Bertz CT molecular complexity index is 630. The molecule has 1 N–H and O–H groups in total. The van der Waals surface area contributed by atoms with E-state index in [4.69, 9.17) is 21.4 Å². The van der Waals surface area contributed by atoms with E-state index in [0.29, 0.717) is 16.8 Å². The summed E-state index contributed by atoms with van der Waals surface area (Å²) in [4.78, 5) is 15.3. The minimum absolute atomic E-state index is 0.00484. The molecular formula is C14H17ClN2O3S. The van der Waals surface area contributed by atoms with Crippen LogP contribution in [0.25, 0.3) is 11.0 Å². The van der Waals surface area contributed by atoms with Gasteiger partial charge in [0.1, 0.15) is 0 Å². The highest BCUT2D eigenvalue weighted by Gasteiger charge is 2.13. The lowest BCUT2D eigenvalue weighted by Gasteiger charge is -2.08. The van der Waals surface area contributed by atoms with Crippen LogP contribution in [-0.2, 0) is 16.1 Å². The summed E-state index contributed by atoms with van der Waals surface area (Å²) >= 11 is 7.28. The van der Waals surface area contributed by atoms with Crippen molar-refractivity contribution in [2.24, 2.45) is 0 Å². The minimum Gasteiger partial charge on any atom is -0.481 e. The molecule has 0 saturated heterocycles. The Kier molecular flexibility index (Phi) is 5.90. The first-order chi connectivity index (χ1) is 10.1. The Morgan fingerprint density at radius 1 is 1.48 bits per heavy atom. The number of nitrogens with zero attached hydrogens (tertiary/aromatic N) is 2. The van der Waals surface area contributed by atoms with Crippen LogP contribution in [0, 0.1) is 0 Å². The van der Waals surface area contributed by atoms with Gasteiger partial charge in [0, 0.05) is 25.3 Å². The number of ether oxygens (including phenoxy) is 1. The summed E-state index contributed by atoms with van der Waals surface area (Å²) in [6, 6.07) is 5.51. The third-order valence-corrected chi connectivity index (χ3v) is 4.18. The topological polar surface area (TPSA) is 64.3 Å². The van der Waals surface area contributed by atoms with Gasteiger partial charge in [0.15, 0.2) is 5.16 Å². The molecule has 2 aromatic rings. The van der Waals surface area contributed by atoms with Gasteiger partial charge in [-0.25, -0.2) is 4.98 Å². The summed E-state index contributed by atoms with van der Waals surface area (Å²) in [5, 5.41) is 10.2. The van der Waals surface area contributed by atoms with Gasteiger partial charge in [0.25, 0.3) is 0 Å². The number of halogens is 1. The fraction of sp³-hybridized carbons (Fsp3) is 0.429. The van der Waals surface area contributed by atoms with E-state index in [1.54, 1.807) is 13.2 Å². The van der Waals surface area contributed by atoms with Gasteiger partial charge in [0.05, 0.1) is 16.8 Å². The predicted octanol–water partition coefficient (Wildman–Crippen LogP) is 3.29. The molecule has 0 aliphatic rings. The Labute approximate surface area is 132 Å². The molecule has 0 radical (unpaired) electrons. The quantitative estimate of drug-likeness (QED) is 0.595. The highest BCUT2D eigenvalue weighted by Crippen LogP contribution is 2.26. The van der Waals surface area contributed by atoms with Crippen LogP contribution < -0.4 is 0 Å². The zero-order valence-corrected chi connectivity index (χ0v) is 13.3. The number of hydrogen-bond donors (Lipinski definition) is 1. The van der Waals surface area contributed by atoms with Crippen molar-refractivity contribution in [3.05, 3.63) is 23.2 Å². The van der Waals surface area contributed by atoms with E-state index < -0.39 is 5.97 Å². The second kappa shape index (κ2) is 7.68. The number of carboxylic acids is 1. The first-order valence-corrected chi connectivity index (χ1v) is 7.97. The maximum atomic E-state index is 10.8. The zero-order chi connectivity index (χ0) is 15.2. The van der Waals surface area contributed by atoms with E-state index >= 15 is 0 Å². The number of fused-ring (bicyclic) bond motifs is 1. The van der Waals surface area contributed by atoms with Gasteiger partial charge >= 0.3 is 5.97 Å². The molecule has 0 amide bonds. The molecule has 114 valence electrons. The molecule has 5 nitrogen and oxygen atoms in total. The number of unbranched alkanes of at least 4 members (excludes halogenated alkanes) is 1. The largest absolute Gasteiger partial charge is 0.481 e. The number of aromatic nitrogens is 2. The van der Waals surface area contributed by atoms with E-state index in [1.807, 2.05) is 16.7 Å². The van der Waals surface area contributed by atoms with Gasteiger partial charge in [-0.3, -0.25) is 4.79 Å². The standard InChI is InChI=1S/C14H17ClN2O3S/c1-20-7-3-2-6-17-12-8-10(15)4-5-11(12)16-14(17)21-9-13(18)19/h4-5,8H,2-3,6-7,9H2,1H3,(H,18,19). The van der Waals surface area contributed by atoms with Crippen LogP contribution in [-0.4, -0.2) is 40.1 Å². The van der Waals surface area contributed by atoms with Crippen LogP contribution in [0.3, 0.4) is 0 Å². The third kappa shape index (κ3) is 4.36. The summed E-state index contributed by atoms with van der Waals surface area (Å²) in [5.41, 5.74) is 1.77. The van der Waals surface area contributed by atoms with E-state index in [2.05, 4.69) is 4.98 Å². The summed E-state index contributed by atoms with van der Waals surface area (Å²) in [5.74, 6) is -0.856. The Morgan fingerprint density at radius 3 is 3.00 bits per heavy atom. The number of rotatable bonds is 8. The van der Waals surface area contributed by atoms with Gasteiger partial charge < -0.3 is 14.4 Å². The molecule has 0 saturated carbocycles. The van der Waals surface area contributed by atoms with Gasteiger partial charge in [-0.1, -0.05) is 23.4 Å². The third-order valence-electron chi connectivity index (χ3n) is 2.98. The summed E-state index contributed by atoms with van der Waals surface area (Å²) in [7, 11) is 1.68. The molecule has 7 heteroatoms. The Morgan fingerprint density at radius 2 is 2.29 bits per heavy atom. The SMILES string of the molecule is COCCCCn1c(SCC(=O)O)nc2ccc(Cl)cc21. The number of thioether (sulfide) groups is 1. The number of imidazole rings is 1. The van der Waals surface area contributed by atoms with Crippen molar-refractivity contribution in [1.29, 1.82) is 0 Å². The fourth-order valence-electron chi connectivity index (χ4n) is 2.04. The molecule has 21 heavy (non-hydrogen) atoms. The van der Waals surface area contributed by atoms with Crippen molar-refractivity contribution >= 4 is 40.4 Å². The maximum Gasteiger partial charge on any atom is 0.313 e. The average molecular weight is 329 g/mol. The van der Waals surface area contributed by atoms with E-state index in [1.165, 1.54) is 11.8 Å². The molecule has 0 spiro atoms. The van der Waals surface area contributed by atoms with E-state index in [-0.39, 0.29) is 5.75 Å². The number of methoxy groups -OCH3 is 1. The van der Waals surface area contributed by atoms with E-state index in [0.717, 1.165) is 30.4 Å². The zero-order valence-electron chi connectivity index (χ0n) is 11.7. The van der Waals surface area contributed by atoms with Gasteiger partial charge in [-0.15, -0.1) is 0 Å². The maximum absolute atomic E-state index is 10.8. The molecular weight excluding hydrogens is 312 g/mol. The highest BCUT2D eigenvalue weighted by atomic mass is 35.5. The first-order valence-electron chi connectivity index (χ1n) is 6.61. The fourth-order valence-corrected chi connectivity index (χ4v) is 2.97. The molecule has 2 rings (SSSR count). The van der Waals surface area contributed by atoms with E-state index in [9.17, 15) is 4.79 Å². The Balaban J connectivity index is 2.24. The van der Waals surface area contributed by atoms with Crippen molar-refractivity contribution in [1.82, 2.24) is 9.55 Å². The van der Waals surface area contributed by atoms with Gasteiger partial charge in [-0.05, 0) is 31.0 Å². The molecule has 0 bridgehead atoms. The van der Waals surface area contributed by atoms with Crippen LogP contribution in [0.2, 0.25) is 5.02 Å².